The molecule has 0 spiro atoms. The molecule has 0 unspecified atom stereocenters. The van der Waals surface area contributed by atoms with Crippen molar-refractivity contribution in [1.82, 2.24) is 14.9 Å². The van der Waals surface area contributed by atoms with Crippen LogP contribution in [0.2, 0.25) is 0 Å². The van der Waals surface area contributed by atoms with Crippen molar-refractivity contribution >= 4 is 34.6 Å². The second-order valence-electron chi connectivity index (χ2n) is 6.56. The molecule has 2 aromatic carbocycles. The van der Waals surface area contributed by atoms with Crippen molar-refractivity contribution in [2.24, 2.45) is 7.05 Å². The van der Waals surface area contributed by atoms with E-state index in [-0.39, 0.29) is 11.8 Å². The quantitative estimate of drug-likeness (QED) is 0.612. The standard InChI is InChI=1S/C18H17N3O.C6H11NO/c1-3-7-17-20-15-12-14(10-11-16(15)21(17)2)19-18(22)13-8-5-4-6-9-13;1-3-4-5-7-6(2)8/h3-12H,1-2H3,(H,19,22);3-4H,5H2,1-2H3,(H,7,8)/b7-3+;4-3-. The molecule has 0 atom stereocenters. The molecule has 0 aliphatic carbocycles. The number of nitrogens with zero attached hydrogens (tertiary/aromatic N) is 2. The van der Waals surface area contributed by atoms with Crippen LogP contribution in [0.1, 0.15) is 37.0 Å². The summed E-state index contributed by atoms with van der Waals surface area (Å²) in [6.07, 6.45) is 7.71. The first-order valence-electron chi connectivity index (χ1n) is 9.77. The van der Waals surface area contributed by atoms with Crippen molar-refractivity contribution in [3.63, 3.8) is 0 Å². The largest absolute Gasteiger partial charge is 0.353 e. The Labute approximate surface area is 177 Å². The summed E-state index contributed by atoms with van der Waals surface area (Å²) in [5, 5.41) is 5.53. The highest BCUT2D eigenvalue weighted by Gasteiger charge is 2.09. The van der Waals surface area contributed by atoms with Gasteiger partial charge in [0.05, 0.1) is 11.0 Å². The van der Waals surface area contributed by atoms with Crippen LogP contribution in [0.5, 0.6) is 0 Å². The number of anilines is 1. The van der Waals surface area contributed by atoms with Crippen LogP contribution in [0.15, 0.2) is 66.8 Å². The number of aryl methyl sites for hydroxylation is 1. The van der Waals surface area contributed by atoms with Crippen molar-refractivity contribution in [3.8, 4) is 0 Å². The number of nitrogens with one attached hydrogen (secondary N) is 2. The summed E-state index contributed by atoms with van der Waals surface area (Å²) in [7, 11) is 1.98. The Morgan fingerprint density at radius 3 is 2.43 bits per heavy atom. The van der Waals surface area contributed by atoms with Gasteiger partial charge in [-0.3, -0.25) is 9.59 Å². The number of benzene rings is 2. The lowest BCUT2D eigenvalue weighted by molar-refractivity contribution is -0.118. The van der Waals surface area contributed by atoms with Gasteiger partial charge in [0.15, 0.2) is 0 Å². The van der Waals surface area contributed by atoms with E-state index in [1.165, 1.54) is 6.92 Å². The van der Waals surface area contributed by atoms with Crippen molar-refractivity contribution < 1.29 is 9.59 Å². The molecule has 0 saturated heterocycles. The van der Waals surface area contributed by atoms with Crippen molar-refractivity contribution in [2.75, 3.05) is 11.9 Å². The smallest absolute Gasteiger partial charge is 0.255 e. The fraction of sp³-hybridized carbons (Fsp3) is 0.208. The number of allylic oxidation sites excluding steroid dienone is 2. The van der Waals surface area contributed by atoms with E-state index in [0.717, 1.165) is 22.5 Å². The summed E-state index contributed by atoms with van der Waals surface area (Å²) in [5.41, 5.74) is 3.27. The molecule has 0 bridgehead atoms. The van der Waals surface area contributed by atoms with Gasteiger partial charge >= 0.3 is 0 Å². The first-order valence-corrected chi connectivity index (χ1v) is 9.77. The molecule has 2 N–H and O–H groups in total. The molecule has 0 aliphatic rings. The maximum atomic E-state index is 12.2. The SMILES string of the molecule is C/C=C/c1nc2cc(NC(=O)c3ccccc3)ccc2n1C.C/C=C\CNC(C)=O. The highest BCUT2D eigenvalue weighted by atomic mass is 16.2. The number of carbonyl (C=O) groups excluding carboxylic acids is 2. The molecule has 30 heavy (non-hydrogen) atoms. The van der Waals surface area contributed by atoms with Crippen LogP contribution >= 0.6 is 0 Å². The normalized spacial score (nSPS) is 10.8. The predicted octanol–water partition coefficient (Wildman–Crippen LogP) is 4.56. The Morgan fingerprint density at radius 1 is 1.07 bits per heavy atom. The lowest BCUT2D eigenvalue weighted by atomic mass is 10.2. The van der Waals surface area contributed by atoms with E-state index < -0.39 is 0 Å². The molecule has 6 nitrogen and oxygen atoms in total. The minimum absolute atomic E-state index is 0.0168. The zero-order valence-electron chi connectivity index (χ0n) is 17.8. The van der Waals surface area contributed by atoms with Crippen LogP contribution in [-0.4, -0.2) is 27.9 Å². The van der Waals surface area contributed by atoms with E-state index in [1.54, 1.807) is 12.1 Å². The summed E-state index contributed by atoms with van der Waals surface area (Å²) in [5.74, 6) is 0.789. The number of fused-ring (bicyclic) bond motifs is 1. The molecule has 0 aliphatic heterocycles. The molecule has 6 heteroatoms. The van der Waals surface area contributed by atoms with Gasteiger partial charge in [0, 0.05) is 31.8 Å². The zero-order valence-corrected chi connectivity index (χ0v) is 17.8. The number of hydrogen-bond acceptors (Lipinski definition) is 3. The fourth-order valence-electron chi connectivity index (χ4n) is 2.71. The Hall–Kier alpha value is -3.67. The van der Waals surface area contributed by atoms with E-state index >= 15 is 0 Å². The summed E-state index contributed by atoms with van der Waals surface area (Å²) in [4.78, 5) is 26.9. The van der Waals surface area contributed by atoms with E-state index in [2.05, 4.69) is 15.6 Å². The second-order valence-corrected chi connectivity index (χ2v) is 6.56. The first-order chi connectivity index (χ1) is 14.5. The van der Waals surface area contributed by atoms with Gasteiger partial charge in [-0.15, -0.1) is 0 Å². The predicted molar refractivity (Wildman–Crippen MR) is 123 cm³/mol. The van der Waals surface area contributed by atoms with Gasteiger partial charge in [-0.2, -0.15) is 0 Å². The van der Waals surface area contributed by atoms with Gasteiger partial charge in [0.1, 0.15) is 5.82 Å². The van der Waals surface area contributed by atoms with Crippen LogP contribution in [0.3, 0.4) is 0 Å². The lowest BCUT2D eigenvalue weighted by Crippen LogP contribution is -2.19. The number of rotatable bonds is 5. The molecule has 0 fully saturated rings. The minimum Gasteiger partial charge on any atom is -0.353 e. The fourth-order valence-corrected chi connectivity index (χ4v) is 2.71. The molecular formula is C24H28N4O2. The van der Waals surface area contributed by atoms with Crippen LogP contribution in [-0.2, 0) is 11.8 Å². The lowest BCUT2D eigenvalue weighted by Gasteiger charge is -2.05. The molecular weight excluding hydrogens is 376 g/mol. The molecule has 0 radical (unpaired) electrons. The third kappa shape index (κ3) is 6.44. The van der Waals surface area contributed by atoms with Crippen LogP contribution in [0, 0.1) is 0 Å². The van der Waals surface area contributed by atoms with Crippen LogP contribution in [0.4, 0.5) is 5.69 Å². The average molecular weight is 405 g/mol. The van der Waals surface area contributed by atoms with E-state index in [0.29, 0.717) is 12.1 Å². The number of imidazole rings is 1. The maximum Gasteiger partial charge on any atom is 0.255 e. The van der Waals surface area contributed by atoms with Gasteiger partial charge in [0.25, 0.3) is 5.91 Å². The van der Waals surface area contributed by atoms with Crippen molar-refractivity contribution in [2.45, 2.75) is 20.8 Å². The Balaban J connectivity index is 0.000000343. The van der Waals surface area contributed by atoms with Gasteiger partial charge in [0.2, 0.25) is 5.91 Å². The molecule has 1 aromatic heterocycles. The highest BCUT2D eigenvalue weighted by Crippen LogP contribution is 2.20. The Bertz CT molecular complexity index is 1050. The molecule has 1 heterocycles. The van der Waals surface area contributed by atoms with Gasteiger partial charge in [-0.05, 0) is 50.3 Å². The summed E-state index contributed by atoms with van der Waals surface area (Å²) < 4.78 is 2.03. The second kappa shape index (κ2) is 11.4. The summed E-state index contributed by atoms with van der Waals surface area (Å²) in [6.45, 7) is 6.03. The highest BCUT2D eigenvalue weighted by molar-refractivity contribution is 6.05. The number of amides is 2. The van der Waals surface area contributed by atoms with E-state index in [1.807, 2.05) is 86.2 Å². The van der Waals surface area contributed by atoms with Gasteiger partial charge in [-0.1, -0.05) is 36.4 Å². The number of hydrogen-bond donors (Lipinski definition) is 2. The average Bonchev–Trinajstić information content (AvgIpc) is 3.04. The number of carbonyl (C=O) groups is 2. The maximum absolute atomic E-state index is 12.2. The molecule has 3 rings (SSSR count). The number of aromatic nitrogens is 2. The molecule has 2 amide bonds. The summed E-state index contributed by atoms with van der Waals surface area (Å²) >= 11 is 0. The molecule has 3 aromatic rings. The van der Waals surface area contributed by atoms with Crippen molar-refractivity contribution in [3.05, 3.63) is 78.1 Å². The molecule has 0 saturated carbocycles. The Kier molecular flexibility index (Phi) is 8.56. The third-order valence-corrected chi connectivity index (χ3v) is 4.23. The van der Waals surface area contributed by atoms with Gasteiger partial charge in [-0.25, -0.2) is 4.98 Å². The summed E-state index contributed by atoms with van der Waals surface area (Å²) in [6, 6.07) is 14.9. The van der Waals surface area contributed by atoms with Gasteiger partial charge < -0.3 is 15.2 Å². The van der Waals surface area contributed by atoms with Crippen molar-refractivity contribution in [1.29, 1.82) is 0 Å². The molecule has 156 valence electrons. The van der Waals surface area contributed by atoms with E-state index in [4.69, 9.17) is 0 Å². The third-order valence-electron chi connectivity index (χ3n) is 4.23. The van der Waals surface area contributed by atoms with Crippen LogP contribution in [0.25, 0.3) is 17.1 Å². The monoisotopic (exact) mass is 404 g/mol. The topological polar surface area (TPSA) is 76.0 Å². The minimum atomic E-state index is -0.121. The van der Waals surface area contributed by atoms with Crippen LogP contribution < -0.4 is 10.6 Å². The Morgan fingerprint density at radius 2 is 1.80 bits per heavy atom. The van der Waals surface area contributed by atoms with E-state index in [9.17, 15) is 9.59 Å². The zero-order chi connectivity index (χ0) is 21.9. The first kappa shape index (κ1) is 22.6.